The van der Waals surface area contributed by atoms with E-state index in [9.17, 15) is 14.4 Å². The molecular weight excluding hydrogens is 390 g/mol. The summed E-state index contributed by atoms with van der Waals surface area (Å²) in [5.41, 5.74) is 3.58. The molecule has 0 unspecified atom stereocenters. The minimum atomic E-state index is -0.391. The van der Waals surface area contributed by atoms with Gasteiger partial charge in [0.25, 0.3) is 0 Å². The molecule has 1 N–H and O–H groups in total. The fraction of sp³-hybridized carbons (Fsp3) is 0.400. The zero-order chi connectivity index (χ0) is 22.0. The third-order valence-electron chi connectivity index (χ3n) is 6.39. The summed E-state index contributed by atoms with van der Waals surface area (Å²) < 4.78 is 0. The van der Waals surface area contributed by atoms with Crippen LogP contribution in [0.25, 0.3) is 0 Å². The van der Waals surface area contributed by atoms with Crippen molar-refractivity contribution in [1.82, 2.24) is 0 Å². The van der Waals surface area contributed by atoms with E-state index in [1.807, 2.05) is 42.5 Å². The van der Waals surface area contributed by atoms with E-state index in [0.717, 1.165) is 36.3 Å². The zero-order valence-electron chi connectivity index (χ0n) is 18.1. The molecule has 6 nitrogen and oxygen atoms in total. The molecule has 2 heterocycles. The van der Waals surface area contributed by atoms with Crippen molar-refractivity contribution in [1.29, 1.82) is 0 Å². The summed E-state index contributed by atoms with van der Waals surface area (Å²) in [4.78, 5) is 41.0. The molecule has 0 aromatic heterocycles. The zero-order valence-corrected chi connectivity index (χ0v) is 18.1. The van der Waals surface area contributed by atoms with Crippen LogP contribution < -0.4 is 15.1 Å². The van der Waals surface area contributed by atoms with Crippen LogP contribution in [0.1, 0.15) is 51.0 Å². The van der Waals surface area contributed by atoms with Gasteiger partial charge in [0.05, 0.1) is 5.92 Å². The van der Waals surface area contributed by atoms with Crippen LogP contribution in [0.4, 0.5) is 17.1 Å². The molecule has 2 fully saturated rings. The SMILES string of the molecule is CC[C@@H](C)c1ccccc1N1C[C@H](C(=O)Nc2ccc(N3CCCC3=O)cc2)CC1=O. The summed E-state index contributed by atoms with van der Waals surface area (Å²) in [7, 11) is 0. The highest BCUT2D eigenvalue weighted by Crippen LogP contribution is 2.34. The number of carbonyl (C=O) groups excluding carboxylic acids is 3. The van der Waals surface area contributed by atoms with E-state index in [0.29, 0.717) is 24.6 Å². The third kappa shape index (κ3) is 4.33. The van der Waals surface area contributed by atoms with E-state index < -0.39 is 5.92 Å². The Morgan fingerprint density at radius 1 is 1.06 bits per heavy atom. The number of hydrogen-bond donors (Lipinski definition) is 1. The Balaban J connectivity index is 1.43. The van der Waals surface area contributed by atoms with Crippen LogP contribution in [0.3, 0.4) is 0 Å². The number of benzene rings is 2. The Morgan fingerprint density at radius 2 is 1.81 bits per heavy atom. The second-order valence-corrected chi connectivity index (χ2v) is 8.46. The minimum Gasteiger partial charge on any atom is -0.326 e. The van der Waals surface area contributed by atoms with Gasteiger partial charge in [0.15, 0.2) is 0 Å². The summed E-state index contributed by atoms with van der Waals surface area (Å²) in [6.07, 6.45) is 2.66. The molecule has 3 amide bonds. The summed E-state index contributed by atoms with van der Waals surface area (Å²) in [6, 6.07) is 15.3. The topological polar surface area (TPSA) is 69.7 Å². The number of rotatable bonds is 6. The molecule has 2 atom stereocenters. The van der Waals surface area contributed by atoms with Gasteiger partial charge in [-0.25, -0.2) is 0 Å². The first kappa shape index (κ1) is 21.1. The van der Waals surface area contributed by atoms with Crippen molar-refractivity contribution in [2.75, 3.05) is 28.2 Å². The lowest BCUT2D eigenvalue weighted by Gasteiger charge is -2.23. The van der Waals surface area contributed by atoms with Crippen molar-refractivity contribution < 1.29 is 14.4 Å². The van der Waals surface area contributed by atoms with Gasteiger partial charge < -0.3 is 15.1 Å². The molecule has 162 valence electrons. The smallest absolute Gasteiger partial charge is 0.229 e. The lowest BCUT2D eigenvalue weighted by Crippen LogP contribution is -2.29. The number of para-hydroxylation sites is 1. The molecule has 0 bridgehead atoms. The van der Waals surface area contributed by atoms with Gasteiger partial charge in [0.1, 0.15) is 0 Å². The van der Waals surface area contributed by atoms with E-state index in [-0.39, 0.29) is 24.1 Å². The van der Waals surface area contributed by atoms with Gasteiger partial charge in [-0.15, -0.1) is 0 Å². The van der Waals surface area contributed by atoms with Gasteiger partial charge in [-0.05, 0) is 54.7 Å². The van der Waals surface area contributed by atoms with Crippen LogP contribution >= 0.6 is 0 Å². The van der Waals surface area contributed by atoms with Gasteiger partial charge in [-0.3, -0.25) is 14.4 Å². The molecule has 0 spiro atoms. The maximum absolute atomic E-state index is 12.9. The van der Waals surface area contributed by atoms with E-state index >= 15 is 0 Å². The van der Waals surface area contributed by atoms with Crippen LogP contribution in [-0.2, 0) is 14.4 Å². The van der Waals surface area contributed by atoms with Gasteiger partial charge in [0, 0.05) is 43.0 Å². The number of amides is 3. The largest absolute Gasteiger partial charge is 0.326 e. The highest BCUT2D eigenvalue weighted by atomic mass is 16.2. The Labute approximate surface area is 183 Å². The average molecular weight is 420 g/mol. The number of anilines is 3. The van der Waals surface area contributed by atoms with Crippen molar-refractivity contribution in [3.63, 3.8) is 0 Å². The molecule has 2 aliphatic rings. The van der Waals surface area contributed by atoms with Crippen LogP contribution in [0, 0.1) is 5.92 Å². The highest BCUT2D eigenvalue weighted by Gasteiger charge is 2.36. The van der Waals surface area contributed by atoms with Crippen molar-refractivity contribution in [3.05, 3.63) is 54.1 Å². The summed E-state index contributed by atoms with van der Waals surface area (Å²) >= 11 is 0. The Bertz CT molecular complexity index is 986. The van der Waals surface area contributed by atoms with Gasteiger partial charge in [-0.1, -0.05) is 32.0 Å². The molecule has 2 aliphatic heterocycles. The van der Waals surface area contributed by atoms with Gasteiger partial charge in [0.2, 0.25) is 17.7 Å². The minimum absolute atomic E-state index is 0.0150. The molecule has 31 heavy (non-hydrogen) atoms. The quantitative estimate of drug-likeness (QED) is 0.758. The fourth-order valence-corrected chi connectivity index (χ4v) is 4.38. The van der Waals surface area contributed by atoms with Crippen molar-refractivity contribution in [3.8, 4) is 0 Å². The Hall–Kier alpha value is -3.15. The number of carbonyl (C=O) groups is 3. The molecule has 0 aliphatic carbocycles. The molecular formula is C25H29N3O3. The Morgan fingerprint density at radius 3 is 2.48 bits per heavy atom. The third-order valence-corrected chi connectivity index (χ3v) is 6.39. The van der Waals surface area contributed by atoms with E-state index in [2.05, 4.69) is 25.2 Å². The number of nitrogens with one attached hydrogen (secondary N) is 1. The molecule has 2 aromatic rings. The van der Waals surface area contributed by atoms with Gasteiger partial charge >= 0.3 is 0 Å². The first-order valence-corrected chi connectivity index (χ1v) is 11.1. The van der Waals surface area contributed by atoms with E-state index in [4.69, 9.17) is 0 Å². The Kier molecular flexibility index (Phi) is 6.07. The van der Waals surface area contributed by atoms with Gasteiger partial charge in [-0.2, -0.15) is 0 Å². The maximum Gasteiger partial charge on any atom is 0.229 e. The van der Waals surface area contributed by atoms with Crippen LogP contribution in [0.5, 0.6) is 0 Å². The van der Waals surface area contributed by atoms with Crippen molar-refractivity contribution in [2.24, 2.45) is 5.92 Å². The predicted octanol–water partition coefficient (Wildman–Crippen LogP) is 4.32. The lowest BCUT2D eigenvalue weighted by atomic mass is 9.96. The van der Waals surface area contributed by atoms with E-state index in [1.165, 1.54) is 0 Å². The van der Waals surface area contributed by atoms with Crippen LogP contribution in [0.2, 0.25) is 0 Å². The summed E-state index contributed by atoms with van der Waals surface area (Å²) in [5, 5.41) is 2.93. The molecule has 6 heteroatoms. The number of hydrogen-bond acceptors (Lipinski definition) is 3. The monoisotopic (exact) mass is 419 g/mol. The maximum atomic E-state index is 12.9. The predicted molar refractivity (Wildman–Crippen MR) is 122 cm³/mol. The van der Waals surface area contributed by atoms with Crippen LogP contribution in [-0.4, -0.2) is 30.8 Å². The molecule has 2 aromatic carbocycles. The fourth-order valence-electron chi connectivity index (χ4n) is 4.38. The summed E-state index contributed by atoms with van der Waals surface area (Å²) in [6.45, 7) is 5.42. The standard InChI is InChI=1S/C25H29N3O3/c1-3-17(2)21-7-4-5-8-22(21)28-16-18(15-24(28)30)25(31)26-19-10-12-20(13-11-19)27-14-6-9-23(27)29/h4-5,7-8,10-13,17-18H,3,6,9,14-16H2,1-2H3,(H,26,31)/t17-,18-/m1/s1. The molecule has 4 rings (SSSR count). The second-order valence-electron chi connectivity index (χ2n) is 8.46. The van der Waals surface area contributed by atoms with Crippen molar-refractivity contribution >= 4 is 34.8 Å². The molecule has 0 radical (unpaired) electrons. The second kappa shape index (κ2) is 8.92. The normalized spacial score (nSPS) is 19.7. The first-order valence-electron chi connectivity index (χ1n) is 11.1. The number of nitrogens with zero attached hydrogens (tertiary/aromatic N) is 2. The average Bonchev–Trinajstić information content (AvgIpc) is 3.39. The summed E-state index contributed by atoms with van der Waals surface area (Å²) in [5.74, 6) is -0.0742. The van der Waals surface area contributed by atoms with Crippen molar-refractivity contribution in [2.45, 2.75) is 45.4 Å². The first-order chi connectivity index (χ1) is 15.0. The molecule has 0 saturated carbocycles. The van der Waals surface area contributed by atoms with Crippen LogP contribution in [0.15, 0.2) is 48.5 Å². The highest BCUT2D eigenvalue weighted by molar-refractivity contribution is 6.04. The lowest BCUT2D eigenvalue weighted by molar-refractivity contribution is -0.122. The van der Waals surface area contributed by atoms with E-state index in [1.54, 1.807) is 9.80 Å². The molecule has 2 saturated heterocycles.